The van der Waals surface area contributed by atoms with Crippen molar-refractivity contribution in [1.29, 1.82) is 0 Å². The summed E-state index contributed by atoms with van der Waals surface area (Å²) in [6, 6.07) is 11.3. The third kappa shape index (κ3) is 5.40. The molecule has 0 aromatic heterocycles. The highest BCUT2D eigenvalue weighted by atomic mass is 16.4. The number of nitrogens with one attached hydrogen (secondary N) is 2. The molecule has 0 aliphatic heterocycles. The molecule has 0 saturated carbocycles. The first-order valence-electron chi connectivity index (χ1n) is 8.00. The fourth-order valence-corrected chi connectivity index (χ4v) is 2.30. The van der Waals surface area contributed by atoms with Crippen molar-refractivity contribution in [2.24, 2.45) is 0 Å². The monoisotopic (exact) mass is 370 g/mol. The van der Waals surface area contributed by atoms with Gasteiger partial charge in [-0.3, -0.25) is 14.4 Å². The van der Waals surface area contributed by atoms with Gasteiger partial charge in [0, 0.05) is 5.56 Å². The van der Waals surface area contributed by atoms with Crippen LogP contribution in [0.3, 0.4) is 0 Å². The lowest BCUT2D eigenvalue weighted by molar-refractivity contribution is -0.145. The quantitative estimate of drug-likeness (QED) is 0.588. The molecule has 0 saturated heterocycles. The largest absolute Gasteiger partial charge is 0.481 e. The molecule has 0 bridgehead atoms. The highest BCUT2D eigenvalue weighted by molar-refractivity contribution is 6.09. The molecule has 8 heteroatoms. The molecule has 0 spiro atoms. The zero-order valence-electron chi connectivity index (χ0n) is 14.4. The Balaban J connectivity index is 2.20. The van der Waals surface area contributed by atoms with Crippen molar-refractivity contribution in [3.05, 3.63) is 65.2 Å². The number of anilines is 1. The first-order chi connectivity index (χ1) is 12.8. The third-order valence-corrected chi connectivity index (χ3v) is 3.72. The van der Waals surface area contributed by atoms with Gasteiger partial charge in [-0.25, -0.2) is 4.79 Å². The van der Waals surface area contributed by atoms with Crippen LogP contribution in [0.5, 0.6) is 0 Å². The molecule has 2 rings (SSSR count). The van der Waals surface area contributed by atoms with E-state index in [2.05, 4.69) is 10.6 Å². The molecular formula is C19H18N2O6. The van der Waals surface area contributed by atoms with Crippen LogP contribution in [0.1, 0.15) is 32.7 Å². The third-order valence-electron chi connectivity index (χ3n) is 3.72. The van der Waals surface area contributed by atoms with Crippen LogP contribution in [0.4, 0.5) is 5.69 Å². The normalized spacial score (nSPS) is 11.3. The maximum absolute atomic E-state index is 12.4. The van der Waals surface area contributed by atoms with Gasteiger partial charge in [0.1, 0.15) is 6.04 Å². The Morgan fingerprint density at radius 1 is 0.926 bits per heavy atom. The second-order valence-electron chi connectivity index (χ2n) is 5.83. The van der Waals surface area contributed by atoms with E-state index >= 15 is 0 Å². The number of amides is 2. The predicted molar refractivity (Wildman–Crippen MR) is 96.7 cm³/mol. The summed E-state index contributed by atoms with van der Waals surface area (Å²) in [5.74, 6) is -4.06. The summed E-state index contributed by atoms with van der Waals surface area (Å²) in [4.78, 5) is 46.7. The minimum Gasteiger partial charge on any atom is -0.481 e. The highest BCUT2D eigenvalue weighted by Crippen LogP contribution is 2.17. The Kier molecular flexibility index (Phi) is 6.27. The molecule has 2 aromatic carbocycles. The van der Waals surface area contributed by atoms with Crippen LogP contribution < -0.4 is 10.6 Å². The Hall–Kier alpha value is -3.68. The molecule has 8 nitrogen and oxygen atoms in total. The van der Waals surface area contributed by atoms with Gasteiger partial charge in [-0.05, 0) is 31.2 Å². The summed E-state index contributed by atoms with van der Waals surface area (Å²) >= 11 is 0. The molecule has 0 radical (unpaired) electrons. The van der Waals surface area contributed by atoms with Crippen molar-refractivity contribution in [3.8, 4) is 0 Å². The number of carboxylic acid groups (broad SMARTS) is 2. The number of aliphatic carboxylic acids is 2. The summed E-state index contributed by atoms with van der Waals surface area (Å²) in [5.41, 5.74) is 1.59. The van der Waals surface area contributed by atoms with Gasteiger partial charge in [0.15, 0.2) is 0 Å². The second kappa shape index (κ2) is 8.61. The lowest BCUT2D eigenvalue weighted by Crippen LogP contribution is -2.42. The SMILES string of the molecule is Cc1ccc(C(=O)Nc2ccccc2C(=O)N[C@@H](CC(=O)O)C(=O)O)cc1. The van der Waals surface area contributed by atoms with E-state index in [4.69, 9.17) is 10.2 Å². The number of benzene rings is 2. The average Bonchev–Trinajstić information content (AvgIpc) is 2.61. The summed E-state index contributed by atoms with van der Waals surface area (Å²) in [5, 5.41) is 22.6. The van der Waals surface area contributed by atoms with Gasteiger partial charge in [0.25, 0.3) is 11.8 Å². The zero-order valence-corrected chi connectivity index (χ0v) is 14.4. The maximum Gasteiger partial charge on any atom is 0.326 e. The smallest absolute Gasteiger partial charge is 0.326 e. The van der Waals surface area contributed by atoms with E-state index in [0.717, 1.165) is 5.56 Å². The van der Waals surface area contributed by atoms with E-state index in [-0.39, 0.29) is 11.3 Å². The Morgan fingerprint density at radius 3 is 2.15 bits per heavy atom. The lowest BCUT2D eigenvalue weighted by Gasteiger charge is -2.15. The summed E-state index contributed by atoms with van der Waals surface area (Å²) in [6.07, 6.45) is -0.765. The van der Waals surface area contributed by atoms with Crippen LogP contribution in [0.15, 0.2) is 48.5 Å². The zero-order chi connectivity index (χ0) is 20.0. The van der Waals surface area contributed by atoms with Crippen LogP contribution in [0, 0.1) is 6.92 Å². The van der Waals surface area contributed by atoms with Crippen molar-refractivity contribution in [3.63, 3.8) is 0 Å². The molecule has 0 aliphatic rings. The first kappa shape index (κ1) is 19.6. The first-order valence-corrected chi connectivity index (χ1v) is 8.00. The minimum atomic E-state index is -1.59. The number of carboxylic acids is 2. The van der Waals surface area contributed by atoms with Crippen molar-refractivity contribution in [1.82, 2.24) is 5.32 Å². The van der Waals surface area contributed by atoms with Gasteiger partial charge in [0.05, 0.1) is 17.7 Å². The molecule has 0 unspecified atom stereocenters. The fraction of sp³-hybridized carbons (Fsp3) is 0.158. The number of carbonyl (C=O) groups is 4. The lowest BCUT2D eigenvalue weighted by atomic mass is 10.1. The van der Waals surface area contributed by atoms with Crippen molar-refractivity contribution in [2.75, 3.05) is 5.32 Å². The molecular weight excluding hydrogens is 352 g/mol. The van der Waals surface area contributed by atoms with Crippen LogP contribution in [0.25, 0.3) is 0 Å². The molecule has 0 heterocycles. The van der Waals surface area contributed by atoms with E-state index in [1.165, 1.54) is 12.1 Å². The van der Waals surface area contributed by atoms with E-state index in [1.54, 1.807) is 36.4 Å². The molecule has 2 amide bonds. The number of para-hydroxylation sites is 1. The molecule has 2 aromatic rings. The average molecular weight is 370 g/mol. The summed E-state index contributed by atoms with van der Waals surface area (Å²) in [6.45, 7) is 1.89. The van der Waals surface area contributed by atoms with E-state index in [1.807, 2.05) is 6.92 Å². The minimum absolute atomic E-state index is 0.0228. The van der Waals surface area contributed by atoms with Gasteiger partial charge in [-0.15, -0.1) is 0 Å². The van der Waals surface area contributed by atoms with Crippen molar-refractivity contribution in [2.45, 2.75) is 19.4 Å². The molecule has 0 fully saturated rings. The molecule has 27 heavy (non-hydrogen) atoms. The molecule has 1 atom stereocenters. The summed E-state index contributed by atoms with van der Waals surface area (Å²) < 4.78 is 0. The highest BCUT2D eigenvalue weighted by Gasteiger charge is 2.24. The van der Waals surface area contributed by atoms with Crippen molar-refractivity contribution < 1.29 is 29.4 Å². The topological polar surface area (TPSA) is 133 Å². The molecule has 140 valence electrons. The van der Waals surface area contributed by atoms with Gasteiger partial charge in [-0.1, -0.05) is 29.8 Å². The predicted octanol–water partition coefficient (Wildman–Crippen LogP) is 1.91. The van der Waals surface area contributed by atoms with E-state index in [0.29, 0.717) is 5.56 Å². The molecule has 0 aliphatic carbocycles. The van der Waals surface area contributed by atoms with Crippen LogP contribution in [-0.4, -0.2) is 40.0 Å². The van der Waals surface area contributed by atoms with E-state index in [9.17, 15) is 19.2 Å². The second-order valence-corrected chi connectivity index (χ2v) is 5.83. The van der Waals surface area contributed by atoms with Crippen molar-refractivity contribution >= 4 is 29.4 Å². The number of rotatable bonds is 7. The number of carbonyl (C=O) groups excluding carboxylic acids is 2. The Morgan fingerprint density at radius 2 is 1.56 bits per heavy atom. The van der Waals surface area contributed by atoms with Gasteiger partial charge >= 0.3 is 11.9 Å². The van der Waals surface area contributed by atoms with Gasteiger partial charge in [0.2, 0.25) is 0 Å². The summed E-state index contributed by atoms with van der Waals surface area (Å²) in [7, 11) is 0. The Bertz CT molecular complexity index is 876. The molecule has 4 N–H and O–H groups in total. The van der Waals surface area contributed by atoms with E-state index < -0.39 is 36.2 Å². The van der Waals surface area contributed by atoms with Gasteiger partial charge < -0.3 is 20.8 Å². The number of aryl methyl sites for hydroxylation is 1. The standard InChI is InChI=1S/C19H18N2O6/c1-11-6-8-12(9-7-11)17(24)20-14-5-3-2-4-13(14)18(25)21-15(19(26)27)10-16(22)23/h2-9,15H,10H2,1H3,(H,20,24)(H,21,25)(H,22,23)(H,26,27)/t15-/m0/s1. The fourth-order valence-electron chi connectivity index (χ4n) is 2.30. The van der Waals surface area contributed by atoms with Crippen LogP contribution in [0.2, 0.25) is 0 Å². The Labute approximate surface area is 154 Å². The van der Waals surface area contributed by atoms with Crippen LogP contribution in [-0.2, 0) is 9.59 Å². The van der Waals surface area contributed by atoms with Gasteiger partial charge in [-0.2, -0.15) is 0 Å². The number of hydrogen-bond donors (Lipinski definition) is 4. The maximum atomic E-state index is 12.4. The number of hydrogen-bond acceptors (Lipinski definition) is 4. The van der Waals surface area contributed by atoms with Crippen LogP contribution >= 0.6 is 0 Å².